The summed E-state index contributed by atoms with van der Waals surface area (Å²) in [7, 11) is 0. The zero-order valence-electron chi connectivity index (χ0n) is 9.73. The van der Waals surface area contributed by atoms with Crippen molar-refractivity contribution in [1.29, 1.82) is 0 Å². The van der Waals surface area contributed by atoms with Crippen molar-refractivity contribution < 1.29 is 19.4 Å². The van der Waals surface area contributed by atoms with E-state index in [-0.39, 0.29) is 24.9 Å². The van der Waals surface area contributed by atoms with Gasteiger partial charge < -0.3 is 20.9 Å². The number of nitrogens with two attached hydrogens (primary N) is 1. The summed E-state index contributed by atoms with van der Waals surface area (Å²) in [6, 6.07) is -0.773. The molecular weight excluding hydrogens is 212 g/mol. The van der Waals surface area contributed by atoms with Gasteiger partial charge in [0, 0.05) is 19.6 Å². The molecule has 0 aromatic heterocycles. The van der Waals surface area contributed by atoms with Gasteiger partial charge in [-0.15, -0.1) is 0 Å². The largest absolute Gasteiger partial charge is 0.481 e. The maximum Gasteiger partial charge on any atom is 0.303 e. The molecule has 16 heavy (non-hydrogen) atoms. The van der Waals surface area contributed by atoms with Crippen molar-refractivity contribution in [2.24, 2.45) is 5.73 Å². The number of aliphatic carboxylic acids is 1. The molecule has 6 nitrogen and oxygen atoms in total. The molecule has 0 rings (SSSR count). The third-order valence-electron chi connectivity index (χ3n) is 2.02. The Balaban J connectivity index is 3.74. The highest BCUT2D eigenvalue weighted by molar-refractivity contribution is 5.82. The molecule has 1 amide bonds. The number of ether oxygens (including phenoxy) is 1. The lowest BCUT2D eigenvalue weighted by atomic mass is 10.1. The minimum atomic E-state index is -0.953. The highest BCUT2D eigenvalue weighted by Gasteiger charge is 2.15. The number of amides is 1. The van der Waals surface area contributed by atoms with E-state index in [2.05, 4.69) is 5.32 Å². The molecular formula is C10H20N2O4. The van der Waals surface area contributed by atoms with Gasteiger partial charge in [0.2, 0.25) is 5.91 Å². The third-order valence-corrected chi connectivity index (χ3v) is 2.02. The summed E-state index contributed by atoms with van der Waals surface area (Å²) in [6.45, 7) is 4.68. The van der Waals surface area contributed by atoms with Gasteiger partial charge in [0.1, 0.15) is 0 Å². The average molecular weight is 232 g/mol. The van der Waals surface area contributed by atoms with Crippen molar-refractivity contribution in [3.05, 3.63) is 0 Å². The summed E-state index contributed by atoms with van der Waals surface area (Å²) >= 11 is 0. The lowest BCUT2D eigenvalue weighted by Crippen LogP contribution is -2.43. The van der Waals surface area contributed by atoms with Crippen LogP contribution in [0.25, 0.3) is 0 Å². The Bertz CT molecular complexity index is 233. The lowest BCUT2D eigenvalue weighted by Gasteiger charge is -2.15. The molecule has 0 spiro atoms. The summed E-state index contributed by atoms with van der Waals surface area (Å²) in [5, 5.41) is 11.0. The predicted molar refractivity (Wildman–Crippen MR) is 58.9 cm³/mol. The number of nitrogens with one attached hydrogen (secondary N) is 1. The number of carboxylic acids is 1. The fourth-order valence-corrected chi connectivity index (χ4v) is 1.13. The van der Waals surface area contributed by atoms with Crippen LogP contribution in [0.4, 0.5) is 0 Å². The van der Waals surface area contributed by atoms with E-state index in [1.165, 1.54) is 0 Å². The van der Waals surface area contributed by atoms with E-state index in [9.17, 15) is 9.59 Å². The van der Waals surface area contributed by atoms with Gasteiger partial charge in [0.25, 0.3) is 0 Å². The number of carbonyl (C=O) groups excluding carboxylic acids is 1. The van der Waals surface area contributed by atoms with Crippen molar-refractivity contribution >= 4 is 11.9 Å². The van der Waals surface area contributed by atoms with Crippen molar-refractivity contribution in [3.63, 3.8) is 0 Å². The number of hydrogen-bond acceptors (Lipinski definition) is 4. The second-order valence-electron chi connectivity index (χ2n) is 3.55. The number of carbonyl (C=O) groups is 2. The van der Waals surface area contributed by atoms with Gasteiger partial charge in [-0.1, -0.05) is 0 Å². The highest BCUT2D eigenvalue weighted by Crippen LogP contribution is 1.95. The van der Waals surface area contributed by atoms with Crippen LogP contribution in [0, 0.1) is 0 Å². The maximum absolute atomic E-state index is 11.4. The molecule has 94 valence electrons. The molecule has 0 saturated carbocycles. The first-order valence-corrected chi connectivity index (χ1v) is 5.34. The minimum absolute atomic E-state index is 0.0689. The van der Waals surface area contributed by atoms with Crippen molar-refractivity contribution in [3.8, 4) is 0 Å². The SMILES string of the molecule is CCOC(C)CNC(=O)C(N)CCC(=O)O. The zero-order valence-corrected chi connectivity index (χ0v) is 9.73. The monoisotopic (exact) mass is 232 g/mol. The predicted octanol–water partition coefficient (Wildman–Crippen LogP) is -0.280. The van der Waals surface area contributed by atoms with Crippen molar-refractivity contribution in [1.82, 2.24) is 5.32 Å². The molecule has 0 fully saturated rings. The lowest BCUT2D eigenvalue weighted by molar-refractivity contribution is -0.137. The van der Waals surface area contributed by atoms with E-state index in [4.69, 9.17) is 15.6 Å². The molecule has 4 N–H and O–H groups in total. The van der Waals surface area contributed by atoms with E-state index < -0.39 is 12.0 Å². The fraction of sp³-hybridized carbons (Fsp3) is 0.800. The molecule has 0 heterocycles. The van der Waals surface area contributed by atoms with Crippen LogP contribution in [0.3, 0.4) is 0 Å². The van der Waals surface area contributed by atoms with Gasteiger partial charge in [-0.25, -0.2) is 0 Å². The van der Waals surface area contributed by atoms with Crippen LogP contribution in [0.15, 0.2) is 0 Å². The third kappa shape index (κ3) is 7.19. The fourth-order valence-electron chi connectivity index (χ4n) is 1.13. The summed E-state index contributed by atoms with van der Waals surface area (Å²) in [5.41, 5.74) is 5.51. The Morgan fingerprint density at radius 2 is 2.12 bits per heavy atom. The van der Waals surface area contributed by atoms with Crippen LogP contribution in [-0.2, 0) is 14.3 Å². The van der Waals surface area contributed by atoms with E-state index in [1.807, 2.05) is 13.8 Å². The van der Waals surface area contributed by atoms with Gasteiger partial charge in [-0.3, -0.25) is 9.59 Å². The molecule has 0 aliphatic carbocycles. The molecule has 0 bridgehead atoms. The molecule has 6 heteroatoms. The number of hydrogen-bond donors (Lipinski definition) is 3. The van der Waals surface area contributed by atoms with Crippen LogP contribution < -0.4 is 11.1 Å². The van der Waals surface area contributed by atoms with Crippen LogP contribution in [0.2, 0.25) is 0 Å². The molecule has 0 aliphatic heterocycles. The van der Waals surface area contributed by atoms with Gasteiger partial charge >= 0.3 is 5.97 Å². The Hall–Kier alpha value is -1.14. The Morgan fingerprint density at radius 3 is 2.62 bits per heavy atom. The molecule has 0 aromatic carbocycles. The van der Waals surface area contributed by atoms with Crippen molar-refractivity contribution in [2.75, 3.05) is 13.2 Å². The minimum Gasteiger partial charge on any atom is -0.481 e. The number of rotatable bonds is 8. The summed E-state index contributed by atoms with van der Waals surface area (Å²) in [6.07, 6.45) is -0.0274. The highest BCUT2D eigenvalue weighted by atomic mass is 16.5. The first kappa shape index (κ1) is 14.9. The van der Waals surface area contributed by atoms with Crippen LogP contribution in [0.5, 0.6) is 0 Å². The van der Waals surface area contributed by atoms with Crippen molar-refractivity contribution in [2.45, 2.75) is 38.8 Å². The number of carboxylic acid groups (broad SMARTS) is 1. The smallest absolute Gasteiger partial charge is 0.303 e. The van der Waals surface area contributed by atoms with Crippen LogP contribution in [-0.4, -0.2) is 42.3 Å². The summed E-state index contributed by atoms with van der Waals surface area (Å²) in [5.74, 6) is -1.29. The van der Waals surface area contributed by atoms with Crippen LogP contribution >= 0.6 is 0 Å². The van der Waals surface area contributed by atoms with E-state index in [0.29, 0.717) is 13.2 Å². The average Bonchev–Trinajstić information content (AvgIpc) is 2.22. The quantitative estimate of drug-likeness (QED) is 0.534. The summed E-state index contributed by atoms with van der Waals surface area (Å²) < 4.78 is 5.22. The zero-order chi connectivity index (χ0) is 12.6. The topological polar surface area (TPSA) is 102 Å². The standard InChI is InChI=1S/C10H20N2O4/c1-3-16-7(2)6-12-10(15)8(11)4-5-9(13)14/h7-8H,3-6,11H2,1-2H3,(H,12,15)(H,13,14). The molecule has 2 atom stereocenters. The molecule has 0 aromatic rings. The molecule has 0 saturated heterocycles. The van der Waals surface area contributed by atoms with E-state index in [1.54, 1.807) is 0 Å². The summed E-state index contributed by atoms with van der Waals surface area (Å²) in [4.78, 5) is 21.7. The van der Waals surface area contributed by atoms with Gasteiger partial charge in [-0.05, 0) is 20.3 Å². The molecule has 0 radical (unpaired) electrons. The van der Waals surface area contributed by atoms with Gasteiger partial charge in [0.05, 0.1) is 12.1 Å². The Kier molecular flexibility index (Phi) is 7.49. The van der Waals surface area contributed by atoms with Crippen LogP contribution in [0.1, 0.15) is 26.7 Å². The maximum atomic E-state index is 11.4. The van der Waals surface area contributed by atoms with Gasteiger partial charge in [-0.2, -0.15) is 0 Å². The second kappa shape index (κ2) is 8.06. The normalized spacial score (nSPS) is 14.2. The molecule has 2 unspecified atom stereocenters. The van der Waals surface area contributed by atoms with E-state index in [0.717, 1.165) is 0 Å². The van der Waals surface area contributed by atoms with E-state index >= 15 is 0 Å². The second-order valence-corrected chi connectivity index (χ2v) is 3.55. The first-order chi connectivity index (χ1) is 7.47. The Labute approximate surface area is 95.1 Å². The van der Waals surface area contributed by atoms with Gasteiger partial charge in [0.15, 0.2) is 0 Å². The Morgan fingerprint density at radius 1 is 1.50 bits per heavy atom. The molecule has 0 aliphatic rings. The first-order valence-electron chi connectivity index (χ1n) is 5.34.